The molecule has 0 aromatic carbocycles. The van der Waals surface area contributed by atoms with Crippen molar-refractivity contribution in [2.75, 3.05) is 47.5 Å². The second kappa shape index (κ2) is 64.6. The Morgan fingerprint density at radius 3 is 0.942 bits per heavy atom. The summed E-state index contributed by atoms with van der Waals surface area (Å²) in [7, 11) is 1.43. The summed E-state index contributed by atoms with van der Waals surface area (Å²) < 4.78 is 34.6. The molecule has 0 fully saturated rings. The van der Waals surface area contributed by atoms with Gasteiger partial charge in [-0.1, -0.05) is 267 Å². The molecule has 2 atom stereocenters. The molecule has 2 unspecified atom stereocenters. The number of hydrogen-bond acceptors (Lipinski definition) is 7. The molecule has 1 N–H and O–H groups in total. The maximum Gasteiger partial charge on any atom is 0.472 e. The van der Waals surface area contributed by atoms with Crippen molar-refractivity contribution in [1.82, 2.24) is 0 Å². The van der Waals surface area contributed by atoms with Gasteiger partial charge in [0.1, 0.15) is 19.8 Å². The zero-order valence-electron chi connectivity index (χ0n) is 55.0. The number of phosphoric acid groups is 1. The van der Waals surface area contributed by atoms with E-state index in [-0.39, 0.29) is 32.0 Å². The van der Waals surface area contributed by atoms with E-state index >= 15 is 0 Å². The first-order valence-corrected chi connectivity index (χ1v) is 35.0. The van der Waals surface area contributed by atoms with Gasteiger partial charge in [0.2, 0.25) is 0 Å². The minimum Gasteiger partial charge on any atom is -0.462 e. The van der Waals surface area contributed by atoms with Crippen LogP contribution in [0.3, 0.4) is 0 Å². The second-order valence-corrected chi connectivity index (χ2v) is 24.2. The van der Waals surface area contributed by atoms with Gasteiger partial charge in [-0.2, -0.15) is 0 Å². The zero-order chi connectivity index (χ0) is 62.6. The largest absolute Gasteiger partial charge is 0.472 e. The molecular formula is C76H123NO8P+. The highest BCUT2D eigenvalue weighted by molar-refractivity contribution is 7.47. The molecule has 0 saturated heterocycles. The van der Waals surface area contributed by atoms with E-state index in [0.717, 1.165) is 141 Å². The van der Waals surface area contributed by atoms with Gasteiger partial charge >= 0.3 is 19.8 Å². The number of ether oxygens (including phenoxy) is 2. The lowest BCUT2D eigenvalue weighted by Crippen LogP contribution is -2.37. The van der Waals surface area contributed by atoms with Gasteiger partial charge in [0.05, 0.1) is 27.7 Å². The molecule has 0 aliphatic heterocycles. The van der Waals surface area contributed by atoms with Crippen molar-refractivity contribution in [1.29, 1.82) is 0 Å². The van der Waals surface area contributed by atoms with E-state index in [9.17, 15) is 19.0 Å². The molecule has 0 aliphatic carbocycles. The first-order chi connectivity index (χ1) is 42.0. The minimum atomic E-state index is -4.42. The maximum absolute atomic E-state index is 12.9. The first-order valence-electron chi connectivity index (χ1n) is 33.5. The van der Waals surface area contributed by atoms with E-state index < -0.39 is 26.5 Å². The highest BCUT2D eigenvalue weighted by Crippen LogP contribution is 2.43. The Hall–Kier alpha value is -4.89. The summed E-state index contributed by atoms with van der Waals surface area (Å²) in [4.78, 5) is 35.8. The number of carbonyl (C=O) groups is 2. The smallest absolute Gasteiger partial charge is 0.462 e. The number of esters is 2. The number of unbranched alkanes of at least 4 members (excludes halogenated alkanes) is 15. The Morgan fingerprint density at radius 1 is 0.360 bits per heavy atom. The van der Waals surface area contributed by atoms with Crippen molar-refractivity contribution in [2.45, 2.75) is 238 Å². The van der Waals surface area contributed by atoms with Gasteiger partial charge in [-0.25, -0.2) is 4.57 Å². The monoisotopic (exact) mass is 1210 g/mol. The average Bonchev–Trinajstić information content (AvgIpc) is 3.56. The molecule has 0 amide bonds. The van der Waals surface area contributed by atoms with Crippen LogP contribution in [0, 0.1) is 0 Å². The summed E-state index contributed by atoms with van der Waals surface area (Å²) in [5, 5.41) is 0. The Balaban J connectivity index is 4.22. The molecule has 86 heavy (non-hydrogen) atoms. The summed E-state index contributed by atoms with van der Waals surface area (Å²) in [6.45, 7) is 4.14. The topological polar surface area (TPSA) is 108 Å². The van der Waals surface area contributed by atoms with Crippen molar-refractivity contribution < 1.29 is 42.1 Å². The number of allylic oxidation sites excluding steroid dienone is 30. The van der Waals surface area contributed by atoms with Gasteiger partial charge in [-0.3, -0.25) is 18.6 Å². The molecule has 484 valence electrons. The van der Waals surface area contributed by atoms with E-state index in [0.29, 0.717) is 17.4 Å². The fraction of sp³-hybridized carbons (Fsp3) is 0.579. The minimum absolute atomic E-state index is 0.0142. The molecule has 0 rings (SSSR count). The van der Waals surface area contributed by atoms with Gasteiger partial charge in [0, 0.05) is 12.8 Å². The van der Waals surface area contributed by atoms with Gasteiger partial charge < -0.3 is 18.9 Å². The third-order valence-corrected chi connectivity index (χ3v) is 14.4. The van der Waals surface area contributed by atoms with Crippen LogP contribution in [0.2, 0.25) is 0 Å². The second-order valence-electron chi connectivity index (χ2n) is 22.7. The van der Waals surface area contributed by atoms with E-state index in [2.05, 4.69) is 196 Å². The Bertz CT molecular complexity index is 2100. The molecule has 0 radical (unpaired) electrons. The third-order valence-electron chi connectivity index (χ3n) is 13.4. The molecular weight excluding hydrogens is 1090 g/mol. The summed E-state index contributed by atoms with van der Waals surface area (Å²) in [5.41, 5.74) is 0. The number of phosphoric ester groups is 1. The summed E-state index contributed by atoms with van der Waals surface area (Å²) in [6.07, 6.45) is 99.8. The van der Waals surface area contributed by atoms with Crippen LogP contribution in [0.25, 0.3) is 0 Å². The number of likely N-dealkylation sites (N-methyl/N-ethyl adjacent to an activating group) is 1. The molecule has 0 spiro atoms. The van der Waals surface area contributed by atoms with Crippen LogP contribution < -0.4 is 0 Å². The van der Waals surface area contributed by atoms with E-state index in [1.54, 1.807) is 0 Å². The predicted octanol–water partition coefficient (Wildman–Crippen LogP) is 21.9. The van der Waals surface area contributed by atoms with Crippen molar-refractivity contribution in [3.63, 3.8) is 0 Å². The van der Waals surface area contributed by atoms with E-state index in [1.165, 1.54) is 57.8 Å². The Labute approximate surface area is 527 Å². The highest BCUT2D eigenvalue weighted by Gasteiger charge is 2.27. The molecule has 9 nitrogen and oxygen atoms in total. The van der Waals surface area contributed by atoms with Crippen LogP contribution in [0.15, 0.2) is 182 Å². The van der Waals surface area contributed by atoms with Gasteiger partial charge in [-0.15, -0.1) is 0 Å². The lowest BCUT2D eigenvalue weighted by Gasteiger charge is -2.24. The van der Waals surface area contributed by atoms with Gasteiger partial charge in [0.25, 0.3) is 0 Å². The predicted molar refractivity (Wildman–Crippen MR) is 371 cm³/mol. The van der Waals surface area contributed by atoms with Crippen molar-refractivity contribution in [2.24, 2.45) is 0 Å². The first kappa shape index (κ1) is 81.1. The molecule has 0 aromatic rings. The van der Waals surface area contributed by atoms with E-state index in [4.69, 9.17) is 18.5 Å². The number of carbonyl (C=O) groups excluding carboxylic acids is 2. The van der Waals surface area contributed by atoms with Gasteiger partial charge in [-0.05, 0) is 135 Å². The Morgan fingerprint density at radius 2 is 0.628 bits per heavy atom. The lowest BCUT2D eigenvalue weighted by atomic mass is 10.0. The fourth-order valence-corrected chi connectivity index (χ4v) is 9.11. The molecule has 0 aromatic heterocycles. The van der Waals surface area contributed by atoms with Crippen LogP contribution >= 0.6 is 7.82 Å². The number of nitrogens with zero attached hydrogens (tertiary/aromatic N) is 1. The summed E-state index contributed by atoms with van der Waals surface area (Å²) in [6, 6.07) is 0. The van der Waals surface area contributed by atoms with Crippen LogP contribution in [-0.4, -0.2) is 74.9 Å². The number of hydrogen-bond donors (Lipinski definition) is 1. The molecule has 0 aliphatic rings. The third kappa shape index (κ3) is 68.2. The van der Waals surface area contributed by atoms with Crippen molar-refractivity contribution in [3.8, 4) is 0 Å². The number of quaternary nitrogens is 1. The standard InChI is InChI=1S/C76H122NO8P/c1-6-8-10-12-14-16-18-20-22-24-26-28-30-32-34-36-38-40-42-44-46-48-50-52-54-56-58-60-62-64-66-68-75(78)82-72-74(73-84-86(80,81)83-71-70-77(3,4)5)85-76(79)69-67-65-63-61-59-57-55-53-51-49-47-45-43-41-39-37-35-33-31-29-27-25-23-21-19-17-15-13-11-9-7-2/h8-11,14-17,20-23,26-29,32-35,38-41,45,47,51,53,57,59,74H,6-7,12-13,18-19,24-25,30-31,36-37,42-44,46,48-50,52,54-56,58,60-73H2,1-5H3/p+1/b10-8-,11-9-,16-14-,17-15-,22-20-,23-21-,28-26-,29-27-,34-32-,35-33-,40-38-,41-39-,47-45-,53-51-,59-57-. The molecule has 10 heteroatoms. The zero-order valence-corrected chi connectivity index (χ0v) is 55.9. The normalized spacial score (nSPS) is 14.3. The highest BCUT2D eigenvalue weighted by atomic mass is 31.2. The summed E-state index contributed by atoms with van der Waals surface area (Å²) >= 11 is 0. The van der Waals surface area contributed by atoms with Crippen molar-refractivity contribution in [3.05, 3.63) is 182 Å². The SMILES string of the molecule is CC/C=C\C/C=C\C/C=C\C/C=C\C/C=C\C/C=C\C/C=C\C/C=C\C/C=C\CCCCCC(=O)OC(COC(=O)CCCCCCCCCCCCCC/C=C\C/C=C\C/C=C\C/C=C\C/C=C\C/C=C\CC)COP(=O)(O)OCC[N+](C)(C)C. The quantitative estimate of drug-likeness (QED) is 0.0211. The number of rotatable bonds is 59. The fourth-order valence-electron chi connectivity index (χ4n) is 8.36. The van der Waals surface area contributed by atoms with Crippen LogP contribution in [0.4, 0.5) is 0 Å². The summed E-state index contributed by atoms with van der Waals surface area (Å²) in [5.74, 6) is -0.851. The van der Waals surface area contributed by atoms with E-state index in [1.807, 2.05) is 21.1 Å². The molecule has 0 heterocycles. The van der Waals surface area contributed by atoms with Crippen LogP contribution in [0.1, 0.15) is 232 Å². The lowest BCUT2D eigenvalue weighted by molar-refractivity contribution is -0.870. The van der Waals surface area contributed by atoms with Crippen molar-refractivity contribution >= 4 is 19.8 Å². The van der Waals surface area contributed by atoms with Crippen LogP contribution in [0.5, 0.6) is 0 Å². The Kier molecular flexibility index (Phi) is 60.9. The molecule has 0 saturated carbocycles. The molecule has 0 bridgehead atoms. The average molecular weight is 1210 g/mol. The van der Waals surface area contributed by atoms with Crippen LogP contribution in [-0.2, 0) is 32.7 Å². The maximum atomic E-state index is 12.9. The van der Waals surface area contributed by atoms with Gasteiger partial charge in [0.15, 0.2) is 6.10 Å².